The van der Waals surface area contributed by atoms with Crippen LogP contribution in [-0.4, -0.2) is 34.3 Å². The summed E-state index contributed by atoms with van der Waals surface area (Å²) in [5.41, 5.74) is 5.59. The minimum absolute atomic E-state index is 0.00401. The number of hydrogen-bond acceptors (Lipinski definition) is 3. The SMILES string of the molecule is Cc1nc2c3c(c(C(=O)N(C)C)cn2c1C)CC[C@@H](c1ccccc1)O3. The Morgan fingerprint density at radius 1 is 1.23 bits per heavy atom. The molecule has 26 heavy (non-hydrogen) atoms. The molecule has 1 aliphatic heterocycles. The molecule has 0 aliphatic carbocycles. The molecule has 1 aliphatic rings. The molecule has 5 heteroatoms. The van der Waals surface area contributed by atoms with Gasteiger partial charge in [0.2, 0.25) is 0 Å². The van der Waals surface area contributed by atoms with E-state index in [4.69, 9.17) is 9.72 Å². The Kier molecular flexibility index (Phi) is 3.94. The van der Waals surface area contributed by atoms with Crippen LogP contribution in [0.1, 0.15) is 45.4 Å². The molecule has 0 unspecified atom stereocenters. The van der Waals surface area contributed by atoms with Crippen molar-refractivity contribution in [1.29, 1.82) is 0 Å². The molecule has 1 amide bonds. The molecule has 2 aromatic heterocycles. The molecule has 3 heterocycles. The maximum atomic E-state index is 12.8. The summed E-state index contributed by atoms with van der Waals surface area (Å²) < 4.78 is 8.40. The van der Waals surface area contributed by atoms with Gasteiger partial charge in [-0.1, -0.05) is 30.3 Å². The number of pyridine rings is 1. The van der Waals surface area contributed by atoms with Crippen LogP contribution >= 0.6 is 0 Å². The van der Waals surface area contributed by atoms with Crippen LogP contribution < -0.4 is 4.74 Å². The molecule has 0 radical (unpaired) electrons. The highest BCUT2D eigenvalue weighted by molar-refractivity contribution is 5.96. The van der Waals surface area contributed by atoms with E-state index >= 15 is 0 Å². The number of nitrogens with zero attached hydrogens (tertiary/aromatic N) is 3. The van der Waals surface area contributed by atoms with E-state index in [2.05, 4.69) is 12.1 Å². The summed E-state index contributed by atoms with van der Waals surface area (Å²) in [6.07, 6.45) is 3.54. The number of fused-ring (bicyclic) bond motifs is 3. The summed E-state index contributed by atoms with van der Waals surface area (Å²) in [5.74, 6) is 0.740. The number of aryl methyl sites for hydroxylation is 2. The Morgan fingerprint density at radius 2 is 1.96 bits per heavy atom. The average Bonchev–Trinajstić information content (AvgIpc) is 2.95. The molecule has 0 spiro atoms. The molecule has 5 nitrogen and oxygen atoms in total. The second-order valence-electron chi connectivity index (χ2n) is 7.08. The van der Waals surface area contributed by atoms with E-state index in [9.17, 15) is 4.79 Å². The van der Waals surface area contributed by atoms with E-state index in [1.807, 2.05) is 42.6 Å². The lowest BCUT2D eigenvalue weighted by atomic mass is 9.95. The Balaban J connectivity index is 1.90. The highest BCUT2D eigenvalue weighted by Crippen LogP contribution is 2.40. The third-order valence-corrected chi connectivity index (χ3v) is 5.17. The fraction of sp³-hybridized carbons (Fsp3) is 0.333. The van der Waals surface area contributed by atoms with E-state index in [1.165, 1.54) is 0 Å². The summed E-state index contributed by atoms with van der Waals surface area (Å²) in [4.78, 5) is 19.1. The van der Waals surface area contributed by atoms with E-state index < -0.39 is 0 Å². The van der Waals surface area contributed by atoms with Crippen LogP contribution in [0.25, 0.3) is 5.65 Å². The first-order chi connectivity index (χ1) is 12.5. The summed E-state index contributed by atoms with van der Waals surface area (Å²) in [6.45, 7) is 4.00. The largest absolute Gasteiger partial charge is 0.481 e. The van der Waals surface area contributed by atoms with E-state index in [-0.39, 0.29) is 12.0 Å². The molecule has 0 N–H and O–H groups in total. The van der Waals surface area contributed by atoms with Crippen LogP contribution in [0.3, 0.4) is 0 Å². The molecule has 0 saturated heterocycles. The summed E-state index contributed by atoms with van der Waals surface area (Å²) in [6, 6.07) is 10.2. The fourth-order valence-corrected chi connectivity index (χ4v) is 3.59. The fourth-order valence-electron chi connectivity index (χ4n) is 3.59. The quantitative estimate of drug-likeness (QED) is 0.708. The van der Waals surface area contributed by atoms with Crippen molar-refractivity contribution in [2.75, 3.05) is 14.1 Å². The smallest absolute Gasteiger partial charge is 0.255 e. The highest BCUT2D eigenvalue weighted by Gasteiger charge is 2.30. The van der Waals surface area contributed by atoms with Gasteiger partial charge < -0.3 is 14.0 Å². The molecule has 134 valence electrons. The van der Waals surface area contributed by atoms with E-state index in [0.717, 1.165) is 46.8 Å². The second-order valence-corrected chi connectivity index (χ2v) is 7.08. The zero-order valence-electron chi connectivity index (χ0n) is 15.6. The third-order valence-electron chi connectivity index (χ3n) is 5.17. The van der Waals surface area contributed by atoms with Gasteiger partial charge in [0.05, 0.1) is 11.3 Å². The first kappa shape index (κ1) is 16.6. The van der Waals surface area contributed by atoms with Crippen LogP contribution in [0.2, 0.25) is 0 Å². The molecule has 0 saturated carbocycles. The molecular formula is C21H23N3O2. The number of carbonyl (C=O) groups excluding carboxylic acids is 1. The first-order valence-corrected chi connectivity index (χ1v) is 8.91. The third kappa shape index (κ3) is 2.55. The van der Waals surface area contributed by atoms with Gasteiger partial charge in [-0.25, -0.2) is 4.98 Å². The van der Waals surface area contributed by atoms with Gasteiger partial charge in [0.1, 0.15) is 6.10 Å². The number of ether oxygens (including phenoxy) is 1. The minimum Gasteiger partial charge on any atom is -0.481 e. The van der Waals surface area contributed by atoms with Crippen molar-refractivity contribution in [3.8, 4) is 5.75 Å². The zero-order valence-corrected chi connectivity index (χ0v) is 15.6. The van der Waals surface area contributed by atoms with E-state index in [1.54, 1.807) is 19.0 Å². The van der Waals surface area contributed by atoms with Gasteiger partial charge in [-0.05, 0) is 32.3 Å². The average molecular weight is 349 g/mol. The Morgan fingerprint density at radius 3 is 2.65 bits per heavy atom. The monoisotopic (exact) mass is 349 g/mol. The van der Waals surface area contributed by atoms with Crippen molar-refractivity contribution >= 4 is 11.6 Å². The summed E-state index contributed by atoms with van der Waals surface area (Å²) in [5, 5.41) is 0. The molecule has 0 bridgehead atoms. The molecule has 3 aromatic rings. The van der Waals surface area contributed by atoms with Crippen molar-refractivity contribution in [3.63, 3.8) is 0 Å². The number of rotatable bonds is 2. The molecule has 1 atom stereocenters. The molecular weight excluding hydrogens is 326 g/mol. The van der Waals surface area contributed by atoms with Gasteiger partial charge in [-0.15, -0.1) is 0 Å². The number of aromatic nitrogens is 2. The van der Waals surface area contributed by atoms with Gasteiger partial charge in [0, 0.05) is 31.5 Å². The number of carbonyl (C=O) groups is 1. The predicted molar refractivity (Wildman–Crippen MR) is 101 cm³/mol. The van der Waals surface area contributed by atoms with Gasteiger partial charge in [0.15, 0.2) is 11.4 Å². The highest BCUT2D eigenvalue weighted by atomic mass is 16.5. The van der Waals surface area contributed by atoms with Crippen LogP contribution in [0.15, 0.2) is 36.5 Å². The lowest BCUT2D eigenvalue weighted by molar-refractivity contribution is 0.0823. The van der Waals surface area contributed by atoms with Gasteiger partial charge in [-0.2, -0.15) is 0 Å². The Bertz CT molecular complexity index is 990. The number of benzene rings is 1. The minimum atomic E-state index is -0.0190. The normalized spacial score (nSPS) is 16.2. The first-order valence-electron chi connectivity index (χ1n) is 8.91. The van der Waals surface area contributed by atoms with Crippen LogP contribution in [0.5, 0.6) is 5.75 Å². The van der Waals surface area contributed by atoms with Crippen molar-refractivity contribution in [3.05, 3.63) is 64.6 Å². The van der Waals surface area contributed by atoms with Crippen molar-refractivity contribution in [2.45, 2.75) is 32.8 Å². The van der Waals surface area contributed by atoms with Gasteiger partial charge in [-0.3, -0.25) is 4.79 Å². The van der Waals surface area contributed by atoms with Crippen LogP contribution in [0, 0.1) is 13.8 Å². The molecule has 0 fully saturated rings. The maximum absolute atomic E-state index is 12.8. The number of amides is 1. The number of imidazole rings is 1. The van der Waals surface area contributed by atoms with Crippen LogP contribution in [0.4, 0.5) is 0 Å². The molecule has 1 aromatic carbocycles. The predicted octanol–water partition coefficient (Wildman–Crippen LogP) is 3.72. The molecule has 4 rings (SSSR count). The Hall–Kier alpha value is -2.82. The lowest BCUT2D eigenvalue weighted by Crippen LogP contribution is -2.26. The van der Waals surface area contributed by atoms with Gasteiger partial charge >= 0.3 is 0 Å². The standard InChI is InChI=1S/C21H23N3O2/c1-13-14(2)24-12-17(21(25)23(3)4)16-10-11-18(15-8-6-5-7-9-15)26-19(16)20(24)22-13/h5-9,12,18H,10-11H2,1-4H3/t18-/m0/s1. The topological polar surface area (TPSA) is 46.8 Å². The maximum Gasteiger partial charge on any atom is 0.255 e. The van der Waals surface area contributed by atoms with Crippen LogP contribution in [-0.2, 0) is 6.42 Å². The van der Waals surface area contributed by atoms with Crippen molar-refractivity contribution < 1.29 is 9.53 Å². The second kappa shape index (κ2) is 6.16. The lowest BCUT2D eigenvalue weighted by Gasteiger charge is -2.28. The Labute approximate surface area is 153 Å². The van der Waals surface area contributed by atoms with Crippen molar-refractivity contribution in [2.24, 2.45) is 0 Å². The van der Waals surface area contributed by atoms with E-state index in [0.29, 0.717) is 5.56 Å². The van der Waals surface area contributed by atoms with Crippen molar-refractivity contribution in [1.82, 2.24) is 14.3 Å². The summed E-state index contributed by atoms with van der Waals surface area (Å²) in [7, 11) is 3.56. The summed E-state index contributed by atoms with van der Waals surface area (Å²) >= 11 is 0. The number of hydrogen-bond donors (Lipinski definition) is 0. The van der Waals surface area contributed by atoms with Gasteiger partial charge in [0.25, 0.3) is 5.91 Å². The zero-order chi connectivity index (χ0) is 18.4.